The van der Waals surface area contributed by atoms with Crippen molar-refractivity contribution in [2.45, 2.75) is 51.2 Å². The molecule has 124 valence electrons. The van der Waals surface area contributed by atoms with E-state index in [0.29, 0.717) is 6.42 Å². The number of hydrogen-bond donors (Lipinski definition) is 4. The topological polar surface area (TPSA) is 99.0 Å². The number of carboxylic acid groups (broad SMARTS) is 1. The van der Waals surface area contributed by atoms with Crippen LogP contribution in [0, 0.1) is 11.8 Å². The van der Waals surface area contributed by atoms with Crippen LogP contribution in [0.1, 0.15) is 39.0 Å². The van der Waals surface area contributed by atoms with Crippen molar-refractivity contribution in [3.63, 3.8) is 0 Å². The van der Waals surface area contributed by atoms with Crippen LogP contribution in [0.25, 0.3) is 0 Å². The maximum absolute atomic E-state index is 10.4. The molecule has 2 aliphatic carbocycles. The molecule has 2 rings (SSSR count). The lowest BCUT2D eigenvalue weighted by atomic mass is 9.79. The fraction of sp³-hybridized carbons (Fsp3) is 0.688. The summed E-state index contributed by atoms with van der Waals surface area (Å²) in [6, 6.07) is 0. The van der Waals surface area contributed by atoms with Crippen LogP contribution in [0.5, 0.6) is 0 Å². The molecule has 1 fully saturated rings. The highest BCUT2D eigenvalue weighted by molar-refractivity contribution is 5.67. The van der Waals surface area contributed by atoms with Gasteiger partial charge in [0, 0.05) is 11.6 Å². The van der Waals surface area contributed by atoms with Gasteiger partial charge < -0.3 is 15.3 Å². The van der Waals surface area contributed by atoms with Crippen molar-refractivity contribution in [2.24, 2.45) is 11.8 Å². The molecule has 0 aliphatic heterocycles. The second kappa shape index (κ2) is 7.76. The molecule has 0 bridgehead atoms. The molecule has 6 nitrogen and oxygen atoms in total. The highest BCUT2D eigenvalue weighted by Crippen LogP contribution is 2.49. The average Bonchev–Trinajstić information content (AvgIpc) is 2.71. The molecule has 1 saturated carbocycles. The van der Waals surface area contributed by atoms with Gasteiger partial charge >= 0.3 is 5.97 Å². The number of unbranched alkanes of at least 4 members (excludes halogenated alkanes) is 1. The molecule has 22 heavy (non-hydrogen) atoms. The monoisotopic (exact) mass is 311 g/mol. The minimum absolute atomic E-state index is 0.0244. The van der Waals surface area contributed by atoms with Crippen LogP contribution in [0.3, 0.4) is 0 Å². The largest absolute Gasteiger partial charge is 0.479 e. The number of aliphatic hydroxyl groups excluding tert-OH is 2. The van der Waals surface area contributed by atoms with E-state index in [1.165, 1.54) is 0 Å². The Bertz CT molecular complexity index is 459. The quantitative estimate of drug-likeness (QED) is 0.379. The number of aliphatic carboxylic acids is 1. The molecule has 0 aromatic heterocycles. The Kier molecular flexibility index (Phi) is 5.99. The van der Waals surface area contributed by atoms with Crippen LogP contribution in [-0.4, -0.2) is 40.1 Å². The van der Waals surface area contributed by atoms with Crippen LogP contribution < -0.4 is 5.48 Å². The van der Waals surface area contributed by atoms with Crippen LogP contribution >= 0.6 is 0 Å². The van der Waals surface area contributed by atoms with Crippen LogP contribution in [0.15, 0.2) is 23.4 Å². The first kappa shape index (κ1) is 17.0. The van der Waals surface area contributed by atoms with Gasteiger partial charge in [-0.15, -0.1) is 0 Å². The maximum Gasteiger partial charge on any atom is 0.332 e. The third-order valence-corrected chi connectivity index (χ3v) is 4.40. The van der Waals surface area contributed by atoms with Crippen molar-refractivity contribution in [3.8, 4) is 0 Å². The molecule has 4 atom stereocenters. The van der Waals surface area contributed by atoms with Crippen LogP contribution in [0.2, 0.25) is 0 Å². The third kappa shape index (κ3) is 4.09. The molecule has 0 spiro atoms. The van der Waals surface area contributed by atoms with E-state index in [0.717, 1.165) is 37.0 Å². The van der Waals surface area contributed by atoms with E-state index in [1.807, 2.05) is 6.08 Å². The number of carbonyl (C=O) groups is 1. The van der Waals surface area contributed by atoms with E-state index in [9.17, 15) is 15.0 Å². The van der Waals surface area contributed by atoms with Gasteiger partial charge in [-0.3, -0.25) is 10.3 Å². The highest BCUT2D eigenvalue weighted by atomic mass is 16.7. The normalized spacial score (nSPS) is 28.6. The zero-order valence-corrected chi connectivity index (χ0v) is 12.9. The lowest BCUT2D eigenvalue weighted by Gasteiger charge is -2.31. The van der Waals surface area contributed by atoms with Crippen molar-refractivity contribution in [1.29, 1.82) is 0 Å². The van der Waals surface area contributed by atoms with E-state index in [1.54, 1.807) is 6.08 Å². The molecule has 0 aromatic rings. The minimum Gasteiger partial charge on any atom is -0.479 e. The van der Waals surface area contributed by atoms with Gasteiger partial charge in [0.15, 0.2) is 6.61 Å². The number of hydroxylamine groups is 1. The summed E-state index contributed by atoms with van der Waals surface area (Å²) in [6.07, 6.45) is 6.93. The lowest BCUT2D eigenvalue weighted by molar-refractivity contribution is -0.144. The summed E-state index contributed by atoms with van der Waals surface area (Å²) in [7, 11) is 0. The van der Waals surface area contributed by atoms with Gasteiger partial charge in [-0.2, -0.15) is 0 Å². The molecular formula is C16H25NO5. The fourth-order valence-corrected chi connectivity index (χ4v) is 3.16. The smallest absolute Gasteiger partial charge is 0.332 e. The molecular weight excluding hydrogens is 286 g/mol. The first-order valence-corrected chi connectivity index (χ1v) is 7.88. The SMILES string of the molecule is CCCCC(O)C=CC1C(O)CC2=C(NOCC(=O)O)C[C@H]21. The van der Waals surface area contributed by atoms with Gasteiger partial charge in [0.2, 0.25) is 0 Å². The Balaban J connectivity index is 1.85. The number of rotatable bonds is 9. The molecule has 3 unspecified atom stereocenters. The average molecular weight is 311 g/mol. The number of hydrogen-bond acceptors (Lipinski definition) is 5. The number of carboxylic acids is 1. The summed E-state index contributed by atoms with van der Waals surface area (Å²) >= 11 is 0. The number of allylic oxidation sites excluding steroid dienone is 1. The number of nitrogens with one attached hydrogen (secondary N) is 1. The van der Waals surface area contributed by atoms with E-state index in [2.05, 4.69) is 12.4 Å². The summed E-state index contributed by atoms with van der Waals surface area (Å²) in [5.74, 6) is -0.737. The van der Waals surface area contributed by atoms with Gasteiger partial charge in [0.05, 0.1) is 12.2 Å². The van der Waals surface area contributed by atoms with Crippen LogP contribution in [0.4, 0.5) is 0 Å². The van der Waals surface area contributed by atoms with E-state index in [4.69, 9.17) is 9.94 Å². The second-order valence-electron chi connectivity index (χ2n) is 6.04. The third-order valence-electron chi connectivity index (χ3n) is 4.40. The van der Waals surface area contributed by atoms with Crippen molar-refractivity contribution < 1.29 is 25.0 Å². The molecule has 0 aromatic carbocycles. The van der Waals surface area contributed by atoms with Gasteiger partial charge in [-0.25, -0.2) is 4.79 Å². The lowest BCUT2D eigenvalue weighted by Crippen LogP contribution is -2.30. The van der Waals surface area contributed by atoms with E-state index >= 15 is 0 Å². The predicted molar refractivity (Wildman–Crippen MR) is 80.6 cm³/mol. The second-order valence-corrected chi connectivity index (χ2v) is 6.04. The Morgan fingerprint density at radius 3 is 2.95 bits per heavy atom. The Morgan fingerprint density at radius 1 is 1.50 bits per heavy atom. The predicted octanol–water partition coefficient (Wildman–Crippen LogP) is 1.35. The van der Waals surface area contributed by atoms with Gasteiger partial charge in [-0.1, -0.05) is 31.9 Å². The van der Waals surface area contributed by atoms with Crippen molar-refractivity contribution in [2.75, 3.05) is 6.61 Å². The standard InChI is InChI=1S/C16H25NO5/c1-2-3-4-10(18)5-6-11-12-7-14(13(12)8-15(11)19)17-22-9-16(20)21/h5-6,10-12,15,17-19H,2-4,7-9H2,1H3,(H,20,21)/t10?,11?,12-,15?/m0/s1. The summed E-state index contributed by atoms with van der Waals surface area (Å²) in [5.41, 5.74) is 4.66. The molecule has 0 radical (unpaired) electrons. The first-order valence-electron chi connectivity index (χ1n) is 7.88. The molecule has 0 heterocycles. The molecule has 2 aliphatic rings. The van der Waals surface area contributed by atoms with Gasteiger partial charge in [0.1, 0.15) is 0 Å². The molecule has 4 N–H and O–H groups in total. The van der Waals surface area contributed by atoms with Crippen molar-refractivity contribution in [1.82, 2.24) is 5.48 Å². The highest BCUT2D eigenvalue weighted by Gasteiger charge is 2.44. The first-order chi connectivity index (χ1) is 10.5. The summed E-state index contributed by atoms with van der Waals surface area (Å²) < 4.78 is 0. The summed E-state index contributed by atoms with van der Waals surface area (Å²) in [5, 5.41) is 28.5. The van der Waals surface area contributed by atoms with Gasteiger partial charge in [-0.05, 0) is 30.8 Å². The Labute approximate surface area is 130 Å². The van der Waals surface area contributed by atoms with Crippen LogP contribution in [-0.2, 0) is 9.63 Å². The zero-order chi connectivity index (χ0) is 16.1. The number of aliphatic hydroxyl groups is 2. The Hall–Kier alpha value is -1.37. The van der Waals surface area contributed by atoms with Gasteiger partial charge in [0.25, 0.3) is 0 Å². The summed E-state index contributed by atoms with van der Waals surface area (Å²) in [6.45, 7) is 1.69. The van der Waals surface area contributed by atoms with E-state index in [-0.39, 0.29) is 11.8 Å². The van der Waals surface area contributed by atoms with Crippen molar-refractivity contribution in [3.05, 3.63) is 23.4 Å². The fourth-order valence-electron chi connectivity index (χ4n) is 3.16. The molecule has 0 saturated heterocycles. The number of fused-ring (bicyclic) bond motifs is 1. The minimum atomic E-state index is -1.03. The van der Waals surface area contributed by atoms with Crippen molar-refractivity contribution >= 4 is 5.97 Å². The maximum atomic E-state index is 10.4. The summed E-state index contributed by atoms with van der Waals surface area (Å²) in [4.78, 5) is 15.3. The molecule has 0 amide bonds. The molecule has 6 heteroatoms. The Morgan fingerprint density at radius 2 is 2.27 bits per heavy atom. The van der Waals surface area contributed by atoms with E-state index < -0.39 is 24.8 Å². The zero-order valence-electron chi connectivity index (χ0n) is 12.9.